The van der Waals surface area contributed by atoms with Crippen molar-refractivity contribution in [1.82, 2.24) is 10.2 Å². The van der Waals surface area contributed by atoms with Gasteiger partial charge in [-0.15, -0.1) is 11.8 Å². The van der Waals surface area contributed by atoms with Gasteiger partial charge in [-0.2, -0.15) is 0 Å². The van der Waals surface area contributed by atoms with Crippen LogP contribution >= 0.6 is 11.8 Å². The van der Waals surface area contributed by atoms with Crippen molar-refractivity contribution in [3.63, 3.8) is 0 Å². The summed E-state index contributed by atoms with van der Waals surface area (Å²) in [6.45, 7) is 2.88. The molecule has 1 N–H and O–H groups in total. The maximum absolute atomic E-state index is 12.5. The van der Waals surface area contributed by atoms with Gasteiger partial charge >= 0.3 is 0 Å². The molecule has 114 valence electrons. The third-order valence-corrected chi connectivity index (χ3v) is 5.68. The van der Waals surface area contributed by atoms with Gasteiger partial charge in [-0.05, 0) is 43.9 Å². The fourth-order valence-corrected chi connectivity index (χ4v) is 4.23. The standard InChI is InChI=1S/C17H24N2OS/c20-17(16-8-4-5-10-18-16)19-11-9-14(12-19)13-21-15-6-2-1-3-7-15/h1-3,6-7,14,16,18H,4-5,8-13H2. The molecule has 2 heterocycles. The smallest absolute Gasteiger partial charge is 0.239 e. The number of nitrogens with zero attached hydrogens (tertiary/aromatic N) is 1. The Morgan fingerprint density at radius 3 is 2.86 bits per heavy atom. The van der Waals surface area contributed by atoms with Crippen LogP contribution in [-0.2, 0) is 4.79 Å². The Bertz CT molecular complexity index is 459. The van der Waals surface area contributed by atoms with Crippen molar-refractivity contribution in [3.8, 4) is 0 Å². The van der Waals surface area contributed by atoms with E-state index >= 15 is 0 Å². The van der Waals surface area contributed by atoms with Crippen molar-refractivity contribution in [2.45, 2.75) is 36.6 Å². The van der Waals surface area contributed by atoms with Crippen molar-refractivity contribution in [2.24, 2.45) is 5.92 Å². The monoisotopic (exact) mass is 304 g/mol. The van der Waals surface area contributed by atoms with Gasteiger partial charge in [0.05, 0.1) is 6.04 Å². The molecule has 21 heavy (non-hydrogen) atoms. The molecule has 0 aromatic heterocycles. The maximum atomic E-state index is 12.5. The summed E-state index contributed by atoms with van der Waals surface area (Å²) in [5.74, 6) is 2.09. The van der Waals surface area contributed by atoms with E-state index in [-0.39, 0.29) is 6.04 Å². The van der Waals surface area contributed by atoms with E-state index in [0.717, 1.165) is 38.2 Å². The molecule has 1 aromatic carbocycles. The summed E-state index contributed by atoms with van der Waals surface area (Å²) >= 11 is 1.91. The van der Waals surface area contributed by atoms with Gasteiger partial charge in [-0.25, -0.2) is 0 Å². The summed E-state index contributed by atoms with van der Waals surface area (Å²) in [6, 6.07) is 10.6. The third kappa shape index (κ3) is 4.01. The number of hydrogen-bond acceptors (Lipinski definition) is 3. The van der Waals surface area contributed by atoms with Gasteiger partial charge in [-0.1, -0.05) is 24.6 Å². The van der Waals surface area contributed by atoms with Gasteiger partial charge in [0.15, 0.2) is 0 Å². The third-order valence-electron chi connectivity index (χ3n) is 4.43. The molecule has 1 amide bonds. The summed E-state index contributed by atoms with van der Waals surface area (Å²) < 4.78 is 0. The Balaban J connectivity index is 1.45. The number of piperidine rings is 1. The van der Waals surface area contributed by atoms with E-state index in [4.69, 9.17) is 0 Å². The normalized spacial score (nSPS) is 26.0. The van der Waals surface area contributed by atoms with Crippen LogP contribution in [0.25, 0.3) is 0 Å². The van der Waals surface area contributed by atoms with E-state index in [2.05, 4.69) is 40.5 Å². The maximum Gasteiger partial charge on any atom is 0.239 e. The fraction of sp³-hybridized carbons (Fsp3) is 0.588. The van der Waals surface area contributed by atoms with E-state index in [1.54, 1.807) is 0 Å². The highest BCUT2D eigenvalue weighted by Crippen LogP contribution is 2.26. The van der Waals surface area contributed by atoms with Crippen LogP contribution in [0.3, 0.4) is 0 Å². The number of nitrogens with one attached hydrogen (secondary N) is 1. The number of carbonyl (C=O) groups is 1. The van der Waals surface area contributed by atoms with Crippen molar-refractivity contribution in [3.05, 3.63) is 30.3 Å². The molecule has 3 rings (SSSR count). The Hall–Kier alpha value is -1.00. The molecule has 2 unspecified atom stereocenters. The van der Waals surface area contributed by atoms with Crippen molar-refractivity contribution in [1.29, 1.82) is 0 Å². The molecule has 0 aliphatic carbocycles. The quantitative estimate of drug-likeness (QED) is 0.868. The molecule has 0 saturated carbocycles. The number of carbonyl (C=O) groups excluding carboxylic acids is 1. The van der Waals surface area contributed by atoms with Gasteiger partial charge < -0.3 is 10.2 Å². The second-order valence-electron chi connectivity index (χ2n) is 6.07. The highest BCUT2D eigenvalue weighted by Gasteiger charge is 2.31. The Kier molecular flexibility index (Phi) is 5.20. The van der Waals surface area contributed by atoms with Crippen LogP contribution < -0.4 is 5.32 Å². The molecule has 0 spiro atoms. The molecule has 2 saturated heterocycles. The molecule has 0 radical (unpaired) electrons. The summed E-state index contributed by atoms with van der Waals surface area (Å²) in [4.78, 5) is 15.9. The lowest BCUT2D eigenvalue weighted by Gasteiger charge is -2.27. The number of benzene rings is 1. The van der Waals surface area contributed by atoms with E-state index < -0.39 is 0 Å². The number of likely N-dealkylation sites (tertiary alicyclic amines) is 1. The number of hydrogen-bond donors (Lipinski definition) is 1. The zero-order valence-electron chi connectivity index (χ0n) is 12.5. The molecular weight excluding hydrogens is 280 g/mol. The number of amides is 1. The zero-order chi connectivity index (χ0) is 14.5. The van der Waals surface area contributed by atoms with Crippen molar-refractivity contribution < 1.29 is 4.79 Å². The lowest BCUT2D eigenvalue weighted by atomic mass is 10.0. The average Bonchev–Trinajstić information content (AvgIpc) is 3.03. The highest BCUT2D eigenvalue weighted by atomic mass is 32.2. The lowest BCUT2D eigenvalue weighted by molar-refractivity contribution is -0.133. The van der Waals surface area contributed by atoms with Crippen molar-refractivity contribution >= 4 is 17.7 Å². The van der Waals surface area contributed by atoms with Crippen LogP contribution in [-0.4, -0.2) is 42.2 Å². The van der Waals surface area contributed by atoms with Crippen LogP contribution in [0.1, 0.15) is 25.7 Å². The first-order valence-electron chi connectivity index (χ1n) is 8.03. The second kappa shape index (κ2) is 7.32. The fourth-order valence-electron chi connectivity index (χ4n) is 3.18. The summed E-state index contributed by atoms with van der Waals surface area (Å²) in [5, 5.41) is 3.37. The predicted molar refractivity (Wildman–Crippen MR) is 87.5 cm³/mol. The molecule has 2 aliphatic rings. The Morgan fingerprint density at radius 2 is 2.10 bits per heavy atom. The Labute approximate surface area is 131 Å². The molecule has 1 aromatic rings. The molecule has 0 bridgehead atoms. The lowest BCUT2D eigenvalue weighted by Crippen LogP contribution is -2.47. The first-order valence-corrected chi connectivity index (χ1v) is 9.01. The molecule has 3 nitrogen and oxygen atoms in total. The topological polar surface area (TPSA) is 32.3 Å². The Morgan fingerprint density at radius 1 is 1.24 bits per heavy atom. The molecule has 2 fully saturated rings. The summed E-state index contributed by atoms with van der Waals surface area (Å²) in [5.41, 5.74) is 0. The minimum Gasteiger partial charge on any atom is -0.341 e. The van der Waals surface area contributed by atoms with E-state index in [1.165, 1.54) is 17.7 Å². The van der Waals surface area contributed by atoms with Gasteiger partial charge in [0.2, 0.25) is 5.91 Å². The largest absolute Gasteiger partial charge is 0.341 e. The van der Waals surface area contributed by atoms with Crippen molar-refractivity contribution in [2.75, 3.05) is 25.4 Å². The van der Waals surface area contributed by atoms with E-state index in [0.29, 0.717) is 11.8 Å². The molecule has 2 atom stereocenters. The predicted octanol–water partition coefficient (Wildman–Crippen LogP) is 2.77. The summed E-state index contributed by atoms with van der Waals surface area (Å²) in [6.07, 6.45) is 4.56. The minimum absolute atomic E-state index is 0.0827. The number of rotatable bonds is 4. The van der Waals surface area contributed by atoms with Gasteiger partial charge in [0, 0.05) is 23.7 Å². The zero-order valence-corrected chi connectivity index (χ0v) is 13.3. The SMILES string of the molecule is O=C(C1CCCCN1)N1CCC(CSc2ccccc2)C1. The average molecular weight is 304 g/mol. The highest BCUT2D eigenvalue weighted by molar-refractivity contribution is 7.99. The van der Waals surface area contributed by atoms with Gasteiger partial charge in [-0.3, -0.25) is 4.79 Å². The molecule has 4 heteroatoms. The van der Waals surface area contributed by atoms with Gasteiger partial charge in [0.1, 0.15) is 0 Å². The first-order chi connectivity index (χ1) is 10.3. The van der Waals surface area contributed by atoms with Crippen LogP contribution in [0, 0.1) is 5.92 Å². The number of thioether (sulfide) groups is 1. The minimum atomic E-state index is 0.0827. The van der Waals surface area contributed by atoms with Crippen LogP contribution in [0.2, 0.25) is 0 Å². The van der Waals surface area contributed by atoms with E-state index in [9.17, 15) is 4.79 Å². The molecule has 2 aliphatic heterocycles. The first kappa shape index (κ1) is 14.9. The summed E-state index contributed by atoms with van der Waals surface area (Å²) in [7, 11) is 0. The van der Waals surface area contributed by atoms with Gasteiger partial charge in [0.25, 0.3) is 0 Å². The van der Waals surface area contributed by atoms with Crippen LogP contribution in [0.15, 0.2) is 35.2 Å². The van der Waals surface area contributed by atoms with Crippen LogP contribution in [0.5, 0.6) is 0 Å². The van der Waals surface area contributed by atoms with Crippen LogP contribution in [0.4, 0.5) is 0 Å². The molecular formula is C17H24N2OS. The van der Waals surface area contributed by atoms with E-state index in [1.807, 2.05) is 11.8 Å². The second-order valence-corrected chi connectivity index (χ2v) is 7.16.